The van der Waals surface area contributed by atoms with Crippen LogP contribution >= 0.6 is 15.9 Å². The van der Waals surface area contributed by atoms with E-state index in [2.05, 4.69) is 15.9 Å². The molecule has 0 radical (unpaired) electrons. The maximum absolute atomic E-state index is 12.7. The third-order valence-corrected chi connectivity index (χ3v) is 5.38. The van der Waals surface area contributed by atoms with Crippen LogP contribution in [0.1, 0.15) is 23.4 Å². The Bertz CT molecular complexity index is 795. The minimum atomic E-state index is -0.800. The summed E-state index contributed by atoms with van der Waals surface area (Å²) in [5.74, 6) is -0.656. The van der Waals surface area contributed by atoms with Crippen LogP contribution in [0.15, 0.2) is 33.2 Å². The van der Waals surface area contributed by atoms with E-state index >= 15 is 0 Å². The molecule has 1 aromatic heterocycles. The Labute approximate surface area is 141 Å². The number of likely N-dealkylation sites (tertiary alicyclic amines) is 1. The SMILES string of the molecule is O=C(O)[C@H]1CN(C(=O)c2cc3cc(Br)ccc3o2)C[C@@H]1C1CC1. The zero-order valence-corrected chi connectivity index (χ0v) is 14.0. The van der Waals surface area contributed by atoms with E-state index in [1.807, 2.05) is 18.2 Å². The Hall–Kier alpha value is -1.82. The lowest BCUT2D eigenvalue weighted by Crippen LogP contribution is -2.29. The van der Waals surface area contributed by atoms with E-state index in [1.165, 1.54) is 0 Å². The number of aliphatic carboxylic acids is 1. The summed E-state index contributed by atoms with van der Waals surface area (Å²) in [6.45, 7) is 0.789. The number of benzene rings is 1. The van der Waals surface area contributed by atoms with E-state index in [0.717, 1.165) is 22.7 Å². The van der Waals surface area contributed by atoms with Crippen LogP contribution in [0, 0.1) is 17.8 Å². The molecule has 1 N–H and O–H groups in total. The zero-order chi connectivity index (χ0) is 16.1. The van der Waals surface area contributed by atoms with Crippen molar-refractivity contribution in [1.82, 2.24) is 4.90 Å². The van der Waals surface area contributed by atoms with Crippen molar-refractivity contribution in [3.05, 3.63) is 34.5 Å². The van der Waals surface area contributed by atoms with E-state index in [-0.39, 0.29) is 24.1 Å². The number of halogens is 1. The fourth-order valence-corrected chi connectivity index (χ4v) is 3.91. The zero-order valence-electron chi connectivity index (χ0n) is 12.4. The van der Waals surface area contributed by atoms with Gasteiger partial charge in [-0.15, -0.1) is 0 Å². The molecule has 6 heteroatoms. The van der Waals surface area contributed by atoms with Crippen LogP contribution in [-0.4, -0.2) is 35.0 Å². The normalized spacial score (nSPS) is 24.3. The summed E-state index contributed by atoms with van der Waals surface area (Å²) >= 11 is 3.40. The predicted molar refractivity (Wildman–Crippen MR) is 87.2 cm³/mol. The molecule has 2 atom stereocenters. The number of amides is 1. The number of carbonyl (C=O) groups is 2. The molecule has 1 amide bonds. The minimum Gasteiger partial charge on any atom is -0.481 e. The summed E-state index contributed by atoms with van der Waals surface area (Å²) < 4.78 is 6.57. The van der Waals surface area contributed by atoms with Gasteiger partial charge in [0.05, 0.1) is 5.92 Å². The van der Waals surface area contributed by atoms with Crippen molar-refractivity contribution < 1.29 is 19.1 Å². The first-order valence-corrected chi connectivity index (χ1v) is 8.53. The van der Waals surface area contributed by atoms with Crippen molar-refractivity contribution in [2.45, 2.75) is 12.8 Å². The summed E-state index contributed by atoms with van der Waals surface area (Å²) in [4.78, 5) is 25.8. The van der Waals surface area contributed by atoms with Gasteiger partial charge < -0.3 is 14.4 Å². The van der Waals surface area contributed by atoms with Crippen molar-refractivity contribution in [1.29, 1.82) is 0 Å². The first-order valence-electron chi connectivity index (χ1n) is 7.74. The van der Waals surface area contributed by atoms with Crippen molar-refractivity contribution in [2.24, 2.45) is 17.8 Å². The average Bonchev–Trinajstić information content (AvgIpc) is 3.11. The Kier molecular flexibility index (Phi) is 3.44. The molecule has 1 aliphatic carbocycles. The van der Waals surface area contributed by atoms with E-state index < -0.39 is 11.9 Å². The fraction of sp³-hybridized carbons (Fsp3) is 0.412. The molecule has 120 valence electrons. The summed E-state index contributed by atoms with van der Waals surface area (Å²) in [5, 5.41) is 10.3. The standard InChI is InChI=1S/C17H16BrNO4/c18-11-3-4-14-10(5-11)6-15(23-14)16(20)19-7-12(9-1-2-9)13(8-19)17(21)22/h3-6,9,12-13H,1-2,7-8H2,(H,21,22)/t12-,13+/m1/s1. The third-order valence-electron chi connectivity index (χ3n) is 4.89. The summed E-state index contributed by atoms with van der Waals surface area (Å²) in [6, 6.07) is 7.29. The van der Waals surface area contributed by atoms with Gasteiger partial charge in [-0.05, 0) is 48.9 Å². The smallest absolute Gasteiger partial charge is 0.308 e. The lowest BCUT2D eigenvalue weighted by atomic mass is 9.92. The molecule has 0 unspecified atom stereocenters. The van der Waals surface area contributed by atoms with E-state index in [1.54, 1.807) is 11.0 Å². The highest BCUT2D eigenvalue weighted by molar-refractivity contribution is 9.10. The van der Waals surface area contributed by atoms with Gasteiger partial charge in [0.15, 0.2) is 5.76 Å². The highest BCUT2D eigenvalue weighted by atomic mass is 79.9. The Morgan fingerprint density at radius 2 is 2.00 bits per heavy atom. The molecule has 2 heterocycles. The van der Waals surface area contributed by atoms with Crippen molar-refractivity contribution in [3.8, 4) is 0 Å². The van der Waals surface area contributed by atoms with Gasteiger partial charge in [0, 0.05) is 22.9 Å². The van der Waals surface area contributed by atoms with Gasteiger partial charge in [0.25, 0.3) is 5.91 Å². The molecule has 4 rings (SSSR count). The molecule has 2 fully saturated rings. The maximum atomic E-state index is 12.7. The number of rotatable bonds is 3. The largest absolute Gasteiger partial charge is 0.481 e. The van der Waals surface area contributed by atoms with Gasteiger partial charge in [0.1, 0.15) is 5.58 Å². The molecule has 5 nitrogen and oxygen atoms in total. The molecule has 2 aromatic rings. The molecule has 2 aliphatic rings. The maximum Gasteiger partial charge on any atom is 0.308 e. The number of hydrogen-bond donors (Lipinski definition) is 1. The van der Waals surface area contributed by atoms with Crippen LogP contribution in [-0.2, 0) is 4.79 Å². The average molecular weight is 378 g/mol. The Morgan fingerprint density at radius 1 is 1.22 bits per heavy atom. The second kappa shape index (κ2) is 5.37. The molecule has 0 spiro atoms. The molecule has 0 bridgehead atoms. The van der Waals surface area contributed by atoms with Crippen LogP contribution < -0.4 is 0 Å². The predicted octanol–water partition coefficient (Wildman–Crippen LogP) is 3.38. The molecule has 1 aromatic carbocycles. The van der Waals surface area contributed by atoms with Crippen molar-refractivity contribution in [3.63, 3.8) is 0 Å². The number of carboxylic acids is 1. The van der Waals surface area contributed by atoms with E-state index in [4.69, 9.17) is 4.42 Å². The monoisotopic (exact) mass is 377 g/mol. The Morgan fingerprint density at radius 3 is 2.70 bits per heavy atom. The minimum absolute atomic E-state index is 0.0787. The first kappa shape index (κ1) is 14.8. The number of carbonyl (C=O) groups excluding carboxylic acids is 1. The molecular weight excluding hydrogens is 362 g/mol. The third kappa shape index (κ3) is 2.65. The topological polar surface area (TPSA) is 70.8 Å². The van der Waals surface area contributed by atoms with Crippen molar-refractivity contribution >= 4 is 38.8 Å². The molecule has 1 saturated carbocycles. The lowest BCUT2D eigenvalue weighted by Gasteiger charge is -2.14. The molecule has 23 heavy (non-hydrogen) atoms. The Balaban J connectivity index is 1.59. The van der Waals surface area contributed by atoms with E-state index in [0.29, 0.717) is 18.0 Å². The van der Waals surface area contributed by atoms with Gasteiger partial charge in [-0.2, -0.15) is 0 Å². The second-order valence-corrected chi connectivity index (χ2v) is 7.36. The van der Waals surface area contributed by atoms with Gasteiger partial charge in [-0.1, -0.05) is 15.9 Å². The quantitative estimate of drug-likeness (QED) is 0.889. The van der Waals surface area contributed by atoms with Crippen molar-refractivity contribution in [2.75, 3.05) is 13.1 Å². The number of hydrogen-bond acceptors (Lipinski definition) is 3. The number of fused-ring (bicyclic) bond motifs is 1. The van der Waals surface area contributed by atoms with Gasteiger partial charge in [-0.25, -0.2) is 0 Å². The molecule has 1 saturated heterocycles. The number of furan rings is 1. The highest BCUT2D eigenvalue weighted by Gasteiger charge is 2.47. The summed E-state index contributed by atoms with van der Waals surface area (Å²) in [6.07, 6.45) is 2.16. The summed E-state index contributed by atoms with van der Waals surface area (Å²) in [7, 11) is 0. The fourth-order valence-electron chi connectivity index (χ4n) is 3.53. The number of nitrogens with zero attached hydrogens (tertiary/aromatic N) is 1. The van der Waals surface area contributed by atoms with Crippen LogP contribution in [0.5, 0.6) is 0 Å². The van der Waals surface area contributed by atoms with Gasteiger partial charge in [0.2, 0.25) is 0 Å². The van der Waals surface area contributed by atoms with Crippen LogP contribution in [0.25, 0.3) is 11.0 Å². The number of carboxylic acid groups (broad SMARTS) is 1. The lowest BCUT2D eigenvalue weighted by molar-refractivity contribution is -0.142. The molecule has 1 aliphatic heterocycles. The molecular formula is C17H16BrNO4. The highest BCUT2D eigenvalue weighted by Crippen LogP contribution is 2.44. The van der Waals surface area contributed by atoms with Gasteiger partial charge >= 0.3 is 5.97 Å². The first-order chi connectivity index (χ1) is 11.0. The van der Waals surface area contributed by atoms with Crippen LogP contribution in [0.3, 0.4) is 0 Å². The van der Waals surface area contributed by atoms with Crippen LogP contribution in [0.4, 0.5) is 0 Å². The van der Waals surface area contributed by atoms with Gasteiger partial charge in [-0.3, -0.25) is 9.59 Å². The summed E-state index contributed by atoms with van der Waals surface area (Å²) in [5.41, 5.74) is 0.657. The second-order valence-electron chi connectivity index (χ2n) is 6.45. The van der Waals surface area contributed by atoms with E-state index in [9.17, 15) is 14.7 Å². The van der Waals surface area contributed by atoms with Crippen LogP contribution in [0.2, 0.25) is 0 Å².